The molecule has 1 aromatic heterocycles. The molecule has 1 atom stereocenters. The zero-order valence-corrected chi connectivity index (χ0v) is 17.0. The number of nitrogens with zero attached hydrogens (tertiary/aromatic N) is 3. The summed E-state index contributed by atoms with van der Waals surface area (Å²) in [5.41, 5.74) is 1.24. The standard InChI is InChI=1S/C16H23N5O3S2/c1-6-14-18-16(20-19-14)25-11(3)15(22)17-13-9-12(8-7-10(13)2)26(23,24)21(4)5/h7-9,11H,6H2,1-5H3,(H,17,22)(H,18,19,20). The first-order valence-electron chi connectivity index (χ1n) is 8.07. The SMILES string of the molecule is CCc1nc(SC(C)C(=O)Nc2cc(S(=O)(=O)N(C)C)ccc2C)n[nH]1. The fourth-order valence-corrected chi connectivity index (χ4v) is 3.71. The van der Waals surface area contributed by atoms with E-state index in [1.54, 1.807) is 13.0 Å². The van der Waals surface area contributed by atoms with Gasteiger partial charge in [-0.15, -0.1) is 5.10 Å². The van der Waals surface area contributed by atoms with Crippen LogP contribution in [-0.2, 0) is 21.2 Å². The van der Waals surface area contributed by atoms with E-state index in [4.69, 9.17) is 0 Å². The number of hydrogen-bond acceptors (Lipinski definition) is 6. The molecule has 0 spiro atoms. The van der Waals surface area contributed by atoms with Gasteiger partial charge in [0, 0.05) is 26.2 Å². The number of sulfonamides is 1. The number of amides is 1. The van der Waals surface area contributed by atoms with E-state index in [1.165, 1.54) is 38.0 Å². The lowest BCUT2D eigenvalue weighted by Crippen LogP contribution is -2.24. The molecule has 0 saturated heterocycles. The van der Waals surface area contributed by atoms with Gasteiger partial charge in [0.15, 0.2) is 0 Å². The second kappa shape index (κ2) is 8.19. The van der Waals surface area contributed by atoms with Crippen molar-refractivity contribution in [2.75, 3.05) is 19.4 Å². The number of H-pyrrole nitrogens is 1. The summed E-state index contributed by atoms with van der Waals surface area (Å²) in [6.45, 7) is 5.52. The third-order valence-electron chi connectivity index (χ3n) is 3.74. The van der Waals surface area contributed by atoms with E-state index in [2.05, 4.69) is 20.5 Å². The molecule has 0 aliphatic heterocycles. The van der Waals surface area contributed by atoms with Gasteiger partial charge in [-0.05, 0) is 31.5 Å². The van der Waals surface area contributed by atoms with Crippen LogP contribution in [0.15, 0.2) is 28.3 Å². The Balaban J connectivity index is 2.15. The van der Waals surface area contributed by atoms with Crippen LogP contribution >= 0.6 is 11.8 Å². The van der Waals surface area contributed by atoms with Crippen LogP contribution in [0.25, 0.3) is 0 Å². The van der Waals surface area contributed by atoms with E-state index in [-0.39, 0.29) is 10.8 Å². The largest absolute Gasteiger partial charge is 0.325 e. The number of nitrogens with one attached hydrogen (secondary N) is 2. The summed E-state index contributed by atoms with van der Waals surface area (Å²) in [5, 5.41) is 9.73. The van der Waals surface area contributed by atoms with Gasteiger partial charge in [0.1, 0.15) is 5.82 Å². The molecule has 0 aliphatic rings. The average Bonchev–Trinajstić information content (AvgIpc) is 3.03. The molecule has 0 bridgehead atoms. The predicted octanol–water partition coefficient (Wildman–Crippen LogP) is 2.05. The lowest BCUT2D eigenvalue weighted by Gasteiger charge is -2.15. The van der Waals surface area contributed by atoms with Crippen molar-refractivity contribution in [3.05, 3.63) is 29.6 Å². The van der Waals surface area contributed by atoms with Crippen LogP contribution in [0.2, 0.25) is 0 Å². The van der Waals surface area contributed by atoms with Gasteiger partial charge in [-0.1, -0.05) is 24.8 Å². The maximum absolute atomic E-state index is 12.5. The Labute approximate surface area is 157 Å². The van der Waals surface area contributed by atoms with Gasteiger partial charge in [0.25, 0.3) is 0 Å². The van der Waals surface area contributed by atoms with Crippen molar-refractivity contribution >= 4 is 33.4 Å². The molecule has 26 heavy (non-hydrogen) atoms. The molecular weight excluding hydrogens is 374 g/mol. The highest BCUT2D eigenvalue weighted by molar-refractivity contribution is 8.00. The first-order valence-corrected chi connectivity index (χ1v) is 10.4. The van der Waals surface area contributed by atoms with E-state index >= 15 is 0 Å². The van der Waals surface area contributed by atoms with Crippen LogP contribution in [0, 0.1) is 6.92 Å². The average molecular weight is 398 g/mol. The monoisotopic (exact) mass is 397 g/mol. The Kier molecular flexibility index (Phi) is 6.43. The summed E-state index contributed by atoms with van der Waals surface area (Å²) in [5.74, 6) is 0.512. The van der Waals surface area contributed by atoms with Crippen LogP contribution in [0.3, 0.4) is 0 Å². The van der Waals surface area contributed by atoms with Crippen molar-refractivity contribution in [1.29, 1.82) is 0 Å². The first-order chi connectivity index (χ1) is 12.1. The smallest absolute Gasteiger partial charge is 0.242 e. The summed E-state index contributed by atoms with van der Waals surface area (Å²) < 4.78 is 25.7. The molecule has 1 heterocycles. The van der Waals surface area contributed by atoms with Crippen molar-refractivity contribution in [2.45, 2.75) is 42.5 Å². The topological polar surface area (TPSA) is 108 Å². The number of aromatic nitrogens is 3. The third kappa shape index (κ3) is 4.63. The molecule has 10 heteroatoms. The van der Waals surface area contributed by atoms with Gasteiger partial charge < -0.3 is 5.32 Å². The molecule has 142 valence electrons. The van der Waals surface area contributed by atoms with Gasteiger partial charge in [-0.25, -0.2) is 17.7 Å². The van der Waals surface area contributed by atoms with Crippen molar-refractivity contribution in [2.24, 2.45) is 0 Å². The van der Waals surface area contributed by atoms with Gasteiger partial charge in [-0.2, -0.15) is 0 Å². The number of benzene rings is 1. The minimum atomic E-state index is -3.57. The van der Waals surface area contributed by atoms with E-state index < -0.39 is 15.3 Å². The van der Waals surface area contributed by atoms with Crippen LogP contribution in [-0.4, -0.2) is 53.2 Å². The molecular formula is C16H23N5O3S2. The first kappa shape index (κ1) is 20.4. The molecule has 0 saturated carbocycles. The molecule has 2 rings (SSSR count). The Morgan fingerprint density at radius 3 is 2.65 bits per heavy atom. The van der Waals surface area contributed by atoms with Crippen LogP contribution < -0.4 is 5.32 Å². The second-order valence-electron chi connectivity index (χ2n) is 5.93. The third-order valence-corrected chi connectivity index (χ3v) is 6.52. The van der Waals surface area contributed by atoms with E-state index in [9.17, 15) is 13.2 Å². The minimum absolute atomic E-state index is 0.130. The van der Waals surface area contributed by atoms with Crippen molar-refractivity contribution in [1.82, 2.24) is 19.5 Å². The van der Waals surface area contributed by atoms with Gasteiger partial charge in [0.2, 0.25) is 21.1 Å². The summed E-state index contributed by atoms with van der Waals surface area (Å²) >= 11 is 1.24. The highest BCUT2D eigenvalue weighted by atomic mass is 32.2. The predicted molar refractivity (Wildman–Crippen MR) is 102 cm³/mol. The molecule has 1 amide bonds. The second-order valence-corrected chi connectivity index (χ2v) is 9.39. The van der Waals surface area contributed by atoms with Crippen LogP contribution in [0.4, 0.5) is 5.69 Å². The number of carbonyl (C=O) groups excluding carboxylic acids is 1. The number of thioether (sulfide) groups is 1. The maximum atomic E-state index is 12.5. The Hall–Kier alpha value is -1.91. The number of hydrogen-bond donors (Lipinski definition) is 2. The summed E-state index contributed by atoms with van der Waals surface area (Å²) in [7, 11) is -0.636. The fourth-order valence-electron chi connectivity index (χ4n) is 2.04. The highest BCUT2D eigenvalue weighted by Gasteiger charge is 2.21. The maximum Gasteiger partial charge on any atom is 0.242 e. The number of aromatic amines is 1. The minimum Gasteiger partial charge on any atom is -0.325 e. The number of aryl methyl sites for hydroxylation is 2. The molecule has 0 radical (unpaired) electrons. The molecule has 0 fully saturated rings. The molecule has 1 aromatic carbocycles. The summed E-state index contributed by atoms with van der Waals surface area (Å²) in [6, 6.07) is 4.67. The van der Waals surface area contributed by atoms with Crippen molar-refractivity contribution < 1.29 is 13.2 Å². The van der Waals surface area contributed by atoms with E-state index in [0.717, 1.165) is 22.1 Å². The lowest BCUT2D eigenvalue weighted by atomic mass is 10.2. The number of carbonyl (C=O) groups is 1. The quantitative estimate of drug-likeness (QED) is 0.692. The molecule has 2 aromatic rings. The van der Waals surface area contributed by atoms with Crippen LogP contribution in [0.1, 0.15) is 25.2 Å². The van der Waals surface area contributed by atoms with Crippen molar-refractivity contribution in [3.63, 3.8) is 0 Å². The lowest BCUT2D eigenvalue weighted by molar-refractivity contribution is -0.115. The van der Waals surface area contributed by atoms with Gasteiger partial charge in [-0.3, -0.25) is 9.89 Å². The molecule has 1 unspecified atom stereocenters. The van der Waals surface area contributed by atoms with Crippen molar-refractivity contribution in [3.8, 4) is 0 Å². The zero-order chi connectivity index (χ0) is 19.5. The van der Waals surface area contributed by atoms with Gasteiger partial charge >= 0.3 is 0 Å². The molecule has 8 nitrogen and oxygen atoms in total. The normalized spacial score (nSPS) is 13.0. The highest BCUT2D eigenvalue weighted by Crippen LogP contribution is 2.24. The molecule has 0 aliphatic carbocycles. The summed E-state index contributed by atoms with van der Waals surface area (Å²) in [6.07, 6.45) is 0.737. The van der Waals surface area contributed by atoms with E-state index in [0.29, 0.717) is 10.8 Å². The van der Waals surface area contributed by atoms with E-state index in [1.807, 2.05) is 13.8 Å². The number of anilines is 1. The Morgan fingerprint density at radius 2 is 2.08 bits per heavy atom. The Bertz CT molecular complexity index is 893. The zero-order valence-electron chi connectivity index (χ0n) is 15.4. The summed E-state index contributed by atoms with van der Waals surface area (Å²) in [4.78, 5) is 16.9. The number of rotatable bonds is 7. The fraction of sp³-hybridized carbons (Fsp3) is 0.438. The van der Waals surface area contributed by atoms with Crippen LogP contribution in [0.5, 0.6) is 0 Å². The van der Waals surface area contributed by atoms with Gasteiger partial charge in [0.05, 0.1) is 10.1 Å². The Morgan fingerprint density at radius 1 is 1.38 bits per heavy atom. The molecule has 2 N–H and O–H groups in total.